The first-order valence-corrected chi connectivity index (χ1v) is 16.8. The van der Waals surface area contributed by atoms with E-state index >= 15 is 0 Å². The number of benzene rings is 3. The van der Waals surface area contributed by atoms with Crippen molar-refractivity contribution in [1.82, 2.24) is 0 Å². The fourth-order valence-corrected chi connectivity index (χ4v) is 7.58. The number of nitrogens with two attached hydrogens (primary N) is 1. The first-order chi connectivity index (χ1) is 19.7. The van der Waals surface area contributed by atoms with Gasteiger partial charge in [-0.1, -0.05) is 29.8 Å². The molecular weight excluding hydrogens is 580 g/mol. The third kappa shape index (κ3) is 7.77. The summed E-state index contributed by atoms with van der Waals surface area (Å²) in [5.74, 6) is 1.73. The molecule has 3 aromatic carbocycles. The Kier molecular flexibility index (Phi) is 9.49. The number of thioether (sulfide) groups is 1. The van der Waals surface area contributed by atoms with Crippen molar-refractivity contribution in [1.29, 1.82) is 0 Å². The molecule has 0 aromatic heterocycles. The van der Waals surface area contributed by atoms with E-state index in [0.29, 0.717) is 29.2 Å². The van der Waals surface area contributed by atoms with E-state index in [0.717, 1.165) is 72.7 Å². The summed E-state index contributed by atoms with van der Waals surface area (Å²) in [6, 6.07) is 18.5. The maximum Gasteiger partial charge on any atom is 0.307 e. The highest BCUT2D eigenvalue weighted by atomic mass is 35.5. The molecule has 2 aliphatic rings. The van der Waals surface area contributed by atoms with Gasteiger partial charge in [0, 0.05) is 28.8 Å². The van der Waals surface area contributed by atoms with Crippen molar-refractivity contribution in [3.63, 3.8) is 0 Å². The Bertz CT molecular complexity index is 1510. The van der Waals surface area contributed by atoms with E-state index in [-0.39, 0.29) is 11.3 Å². The lowest BCUT2D eigenvalue weighted by molar-refractivity contribution is -0.136. The molecule has 0 bridgehead atoms. The van der Waals surface area contributed by atoms with Gasteiger partial charge in [0.2, 0.25) is 10.0 Å². The quantitative estimate of drug-likeness (QED) is 0.293. The minimum absolute atomic E-state index is 0.0233. The second kappa shape index (κ2) is 13.1. The minimum atomic E-state index is -3.88. The van der Waals surface area contributed by atoms with Crippen LogP contribution in [-0.4, -0.2) is 38.3 Å². The summed E-state index contributed by atoms with van der Waals surface area (Å²) >= 11 is 8.05. The van der Waals surface area contributed by atoms with Gasteiger partial charge in [0.25, 0.3) is 0 Å². The SMILES string of the molecule is NS(=O)(=O)c1ccc2c(c1)N(C[C@@H]1CC[C@H]1CSc1cccc(CC(=O)O)c1)CCCCc1cc(Cl)ccc1CO2. The highest BCUT2D eigenvalue weighted by molar-refractivity contribution is 7.99. The Morgan fingerprint density at radius 2 is 1.88 bits per heavy atom. The van der Waals surface area contributed by atoms with Crippen LogP contribution in [0.2, 0.25) is 5.02 Å². The van der Waals surface area contributed by atoms with Crippen LogP contribution in [0.5, 0.6) is 5.75 Å². The summed E-state index contributed by atoms with van der Waals surface area (Å²) in [4.78, 5) is 14.5. The molecule has 0 amide bonds. The van der Waals surface area contributed by atoms with E-state index in [4.69, 9.17) is 26.6 Å². The number of hydrogen-bond acceptors (Lipinski definition) is 6. The Morgan fingerprint density at radius 3 is 2.63 bits per heavy atom. The lowest BCUT2D eigenvalue weighted by Gasteiger charge is -2.41. The van der Waals surface area contributed by atoms with Crippen LogP contribution in [0.25, 0.3) is 0 Å². The topological polar surface area (TPSA) is 110 Å². The zero-order valence-corrected chi connectivity index (χ0v) is 25.2. The maximum absolute atomic E-state index is 12.3. The molecule has 3 aromatic rings. The molecule has 1 aliphatic heterocycles. The van der Waals surface area contributed by atoms with Crippen LogP contribution in [0.1, 0.15) is 42.4 Å². The number of aliphatic carboxylic acids is 1. The lowest BCUT2D eigenvalue weighted by atomic mass is 9.74. The van der Waals surface area contributed by atoms with Crippen molar-refractivity contribution < 1.29 is 23.1 Å². The molecule has 1 saturated carbocycles. The number of nitrogens with zero attached hydrogens (tertiary/aromatic N) is 1. The molecule has 7 nitrogen and oxygen atoms in total. The molecule has 2 atom stereocenters. The molecule has 0 spiro atoms. The van der Waals surface area contributed by atoms with Gasteiger partial charge >= 0.3 is 5.97 Å². The van der Waals surface area contributed by atoms with Crippen LogP contribution < -0.4 is 14.8 Å². The highest BCUT2D eigenvalue weighted by Crippen LogP contribution is 2.41. The van der Waals surface area contributed by atoms with Gasteiger partial charge in [-0.2, -0.15) is 0 Å². The summed E-state index contributed by atoms with van der Waals surface area (Å²) in [7, 11) is -3.88. The van der Waals surface area contributed by atoms with Gasteiger partial charge in [-0.15, -0.1) is 11.8 Å². The Balaban J connectivity index is 1.34. The molecule has 218 valence electrons. The fourth-order valence-electron chi connectivity index (χ4n) is 5.60. The Hall–Kier alpha value is -2.72. The number of anilines is 1. The number of aryl methyl sites for hydroxylation is 1. The van der Waals surface area contributed by atoms with Gasteiger partial charge in [0.15, 0.2) is 0 Å². The number of sulfonamides is 1. The van der Waals surface area contributed by atoms with Gasteiger partial charge in [-0.05, 0) is 103 Å². The number of halogens is 1. The molecule has 41 heavy (non-hydrogen) atoms. The number of primary sulfonamides is 1. The van der Waals surface area contributed by atoms with Gasteiger partial charge in [0.1, 0.15) is 12.4 Å². The predicted molar refractivity (Wildman–Crippen MR) is 163 cm³/mol. The van der Waals surface area contributed by atoms with E-state index in [1.54, 1.807) is 23.9 Å². The van der Waals surface area contributed by atoms with Gasteiger partial charge in [-0.25, -0.2) is 13.6 Å². The van der Waals surface area contributed by atoms with E-state index in [1.165, 1.54) is 11.6 Å². The van der Waals surface area contributed by atoms with Gasteiger partial charge in [0.05, 0.1) is 17.0 Å². The smallest absolute Gasteiger partial charge is 0.307 e. The Morgan fingerprint density at radius 1 is 1.05 bits per heavy atom. The fraction of sp³-hybridized carbons (Fsp3) is 0.387. The van der Waals surface area contributed by atoms with Crippen LogP contribution in [0.3, 0.4) is 0 Å². The zero-order valence-electron chi connectivity index (χ0n) is 22.8. The van der Waals surface area contributed by atoms with E-state index in [1.807, 2.05) is 42.5 Å². The van der Waals surface area contributed by atoms with E-state index < -0.39 is 16.0 Å². The molecule has 1 fully saturated rings. The average Bonchev–Trinajstić information content (AvgIpc) is 2.93. The third-order valence-corrected chi connectivity index (χ3v) is 10.4. The molecule has 10 heteroatoms. The normalized spacial score (nSPS) is 19.2. The molecule has 1 heterocycles. The molecule has 5 rings (SSSR count). The largest absolute Gasteiger partial charge is 0.487 e. The van der Waals surface area contributed by atoms with Crippen molar-refractivity contribution >= 4 is 45.0 Å². The third-order valence-electron chi connectivity index (χ3n) is 8.02. The molecule has 0 unspecified atom stereocenters. The maximum atomic E-state index is 12.3. The van der Waals surface area contributed by atoms with Crippen LogP contribution >= 0.6 is 23.4 Å². The summed E-state index contributed by atoms with van der Waals surface area (Å²) in [6.07, 6.45) is 5.08. The number of rotatable bonds is 8. The summed E-state index contributed by atoms with van der Waals surface area (Å²) in [5, 5.41) is 15.4. The molecule has 0 radical (unpaired) electrons. The standard InChI is InChI=1S/C31H35ClN2O5S2/c32-26-10-9-24-19-39-30-12-11-28(41(33,37)38)17-29(30)34(13-2-1-5-22(24)16-26)18-23-7-8-25(23)20-40-27-6-3-4-21(14-27)15-31(35)36/h3-4,6,9-12,14,16-17,23,25H,1-2,5,7-8,13,15,18-20H2,(H,35,36)(H2,33,37,38)/t23-,25-/m0/s1. The minimum Gasteiger partial charge on any atom is -0.487 e. The monoisotopic (exact) mass is 614 g/mol. The zero-order chi connectivity index (χ0) is 29.0. The number of fused-ring (bicyclic) bond motifs is 2. The second-order valence-corrected chi connectivity index (χ2v) is 14.0. The van der Waals surface area contributed by atoms with Crippen molar-refractivity contribution in [3.8, 4) is 5.75 Å². The number of carbonyl (C=O) groups is 1. The van der Waals surface area contributed by atoms with Crippen LogP contribution in [-0.2, 0) is 34.3 Å². The number of hydrogen-bond donors (Lipinski definition) is 2. The number of carboxylic acids is 1. The molecule has 0 saturated heterocycles. The molecule has 1 aliphatic carbocycles. The highest BCUT2D eigenvalue weighted by Gasteiger charge is 2.33. The number of carboxylic acid groups (broad SMARTS) is 1. The first kappa shape index (κ1) is 29.8. The van der Waals surface area contributed by atoms with Crippen LogP contribution in [0.4, 0.5) is 5.69 Å². The first-order valence-electron chi connectivity index (χ1n) is 13.9. The van der Waals surface area contributed by atoms with Gasteiger partial charge < -0.3 is 14.7 Å². The average molecular weight is 615 g/mol. The van der Waals surface area contributed by atoms with Crippen LogP contribution in [0, 0.1) is 11.8 Å². The second-order valence-electron chi connectivity index (χ2n) is 10.9. The van der Waals surface area contributed by atoms with Crippen molar-refractivity contribution in [2.45, 2.75) is 54.9 Å². The summed E-state index contributed by atoms with van der Waals surface area (Å²) in [6.45, 7) is 1.94. The number of ether oxygens (including phenoxy) is 1. The summed E-state index contributed by atoms with van der Waals surface area (Å²) < 4.78 is 30.9. The Labute approximate surface area is 251 Å². The van der Waals surface area contributed by atoms with E-state index in [9.17, 15) is 13.2 Å². The van der Waals surface area contributed by atoms with Gasteiger partial charge in [-0.3, -0.25) is 4.79 Å². The van der Waals surface area contributed by atoms with Crippen molar-refractivity contribution in [2.24, 2.45) is 17.0 Å². The van der Waals surface area contributed by atoms with Crippen molar-refractivity contribution in [2.75, 3.05) is 23.7 Å². The molecule has 3 N–H and O–H groups in total. The molecular formula is C31H35ClN2O5S2. The lowest BCUT2D eigenvalue weighted by Crippen LogP contribution is -2.40. The van der Waals surface area contributed by atoms with Crippen molar-refractivity contribution in [3.05, 3.63) is 82.4 Å². The van der Waals surface area contributed by atoms with Crippen LogP contribution in [0.15, 0.2) is 70.5 Å². The summed E-state index contributed by atoms with van der Waals surface area (Å²) in [5.41, 5.74) is 3.82. The predicted octanol–water partition coefficient (Wildman–Crippen LogP) is 6.15. The van der Waals surface area contributed by atoms with E-state index in [2.05, 4.69) is 4.90 Å².